The Bertz CT molecular complexity index is 1050. The normalized spacial score (nSPS) is 17.1. The molecule has 1 aromatic carbocycles. The van der Waals surface area contributed by atoms with Crippen LogP contribution in [0.5, 0.6) is 0 Å². The molecule has 10 heteroatoms. The molecule has 2 aromatic rings. The summed E-state index contributed by atoms with van der Waals surface area (Å²) in [6, 6.07) is 2.98. The number of allylic oxidation sites excluding steroid dienone is 1. The van der Waals surface area contributed by atoms with Gasteiger partial charge in [-0.25, -0.2) is 19.0 Å². The van der Waals surface area contributed by atoms with E-state index in [0.717, 1.165) is 6.07 Å². The molecule has 0 fully saturated rings. The van der Waals surface area contributed by atoms with Crippen molar-refractivity contribution in [3.63, 3.8) is 0 Å². The molecule has 0 amide bonds. The molecule has 1 aliphatic heterocycles. The minimum atomic E-state index is -1.12. The number of benzene rings is 1. The first-order chi connectivity index (χ1) is 14.7. The number of halogens is 2. The monoisotopic (exact) mass is 465 g/mol. The Morgan fingerprint density at radius 3 is 2.61 bits per heavy atom. The van der Waals surface area contributed by atoms with Crippen LogP contribution in [0.3, 0.4) is 0 Å². The van der Waals surface area contributed by atoms with Crippen molar-refractivity contribution in [1.82, 2.24) is 10.3 Å². The Morgan fingerprint density at radius 2 is 2.00 bits per heavy atom. The summed E-state index contributed by atoms with van der Waals surface area (Å²) in [6.45, 7) is 6.51. The van der Waals surface area contributed by atoms with Gasteiger partial charge in [0.15, 0.2) is 16.9 Å². The van der Waals surface area contributed by atoms with Crippen LogP contribution in [-0.4, -0.2) is 35.0 Å². The number of ether oxygens (including phenoxy) is 2. The van der Waals surface area contributed by atoms with Crippen LogP contribution >= 0.6 is 22.9 Å². The van der Waals surface area contributed by atoms with E-state index in [4.69, 9.17) is 21.1 Å². The first kappa shape index (κ1) is 22.9. The van der Waals surface area contributed by atoms with Gasteiger partial charge in [-0.05, 0) is 39.8 Å². The number of hydrogen-bond acceptors (Lipinski definition) is 8. The highest BCUT2D eigenvalue weighted by Gasteiger charge is 2.34. The Balaban J connectivity index is 1.97. The van der Waals surface area contributed by atoms with Crippen LogP contribution in [-0.2, 0) is 19.1 Å². The minimum Gasteiger partial charge on any atom is -0.460 e. The van der Waals surface area contributed by atoms with Crippen LogP contribution in [0, 0.1) is 5.82 Å². The zero-order valence-corrected chi connectivity index (χ0v) is 18.9. The van der Waals surface area contributed by atoms with Gasteiger partial charge in [0.25, 0.3) is 0 Å². The first-order valence-electron chi connectivity index (χ1n) is 9.49. The fraction of sp³-hybridized carbons (Fsp3) is 0.333. The molecule has 0 saturated heterocycles. The lowest BCUT2D eigenvalue weighted by atomic mass is 9.96. The van der Waals surface area contributed by atoms with E-state index in [9.17, 15) is 14.0 Å². The molecule has 164 valence electrons. The van der Waals surface area contributed by atoms with Crippen molar-refractivity contribution in [3.8, 4) is 0 Å². The first-order valence-corrected chi connectivity index (χ1v) is 10.7. The highest BCUT2D eigenvalue weighted by molar-refractivity contribution is 7.11. The summed E-state index contributed by atoms with van der Waals surface area (Å²) in [6.07, 6.45) is 0.167. The van der Waals surface area contributed by atoms with Crippen LogP contribution in [0.1, 0.15) is 44.3 Å². The number of amidine groups is 1. The molecule has 1 aliphatic rings. The predicted molar refractivity (Wildman–Crippen MR) is 115 cm³/mol. The molecule has 2 atom stereocenters. The maximum atomic E-state index is 13.6. The number of carbonyl (C=O) groups excluding carboxylic acids is 2. The van der Waals surface area contributed by atoms with Gasteiger partial charge in [0, 0.05) is 27.9 Å². The van der Waals surface area contributed by atoms with Crippen molar-refractivity contribution < 1.29 is 23.5 Å². The number of thiazole rings is 1. The Morgan fingerprint density at radius 1 is 1.26 bits per heavy atom. The quantitative estimate of drug-likeness (QED) is 0.643. The molecule has 0 aliphatic carbocycles. The third-order valence-corrected chi connectivity index (χ3v) is 5.43. The lowest BCUT2D eigenvalue weighted by Crippen LogP contribution is -2.35. The lowest BCUT2D eigenvalue weighted by Gasteiger charge is -2.26. The third-order valence-electron chi connectivity index (χ3n) is 4.32. The van der Waals surface area contributed by atoms with Gasteiger partial charge in [0.1, 0.15) is 11.9 Å². The number of aromatic nitrogens is 1. The van der Waals surface area contributed by atoms with Gasteiger partial charge in [-0.15, -0.1) is 11.3 Å². The van der Waals surface area contributed by atoms with Crippen LogP contribution in [0.4, 0.5) is 4.39 Å². The molecule has 0 radical (unpaired) electrons. The topological polar surface area (TPSA) is 89.9 Å². The van der Waals surface area contributed by atoms with E-state index in [-0.39, 0.29) is 16.7 Å². The van der Waals surface area contributed by atoms with Gasteiger partial charge >= 0.3 is 11.9 Å². The average molecular weight is 466 g/mol. The fourth-order valence-corrected chi connectivity index (χ4v) is 3.80. The average Bonchev–Trinajstić information content (AvgIpc) is 3.21. The summed E-state index contributed by atoms with van der Waals surface area (Å²) in [5, 5.41) is 5.58. The second kappa shape index (κ2) is 9.57. The van der Waals surface area contributed by atoms with Crippen LogP contribution in [0.15, 0.2) is 46.0 Å². The van der Waals surface area contributed by atoms with Gasteiger partial charge in [-0.1, -0.05) is 17.7 Å². The lowest BCUT2D eigenvalue weighted by molar-refractivity contribution is -0.167. The van der Waals surface area contributed by atoms with Gasteiger partial charge in [0.05, 0.1) is 11.7 Å². The minimum absolute atomic E-state index is 0.111. The highest BCUT2D eigenvalue weighted by Crippen LogP contribution is 2.36. The summed E-state index contributed by atoms with van der Waals surface area (Å²) in [5.74, 6) is -1.48. The van der Waals surface area contributed by atoms with Gasteiger partial charge in [-0.2, -0.15) is 0 Å². The van der Waals surface area contributed by atoms with E-state index in [1.165, 1.54) is 30.4 Å². The third kappa shape index (κ3) is 5.29. The Hall–Kier alpha value is -2.78. The summed E-state index contributed by atoms with van der Waals surface area (Å²) in [5.41, 5.74) is 1.03. The largest absolute Gasteiger partial charge is 0.460 e. The zero-order valence-electron chi connectivity index (χ0n) is 17.3. The molecular weight excluding hydrogens is 445 g/mol. The maximum absolute atomic E-state index is 13.6. The van der Waals surface area contributed by atoms with E-state index < -0.39 is 29.9 Å². The van der Waals surface area contributed by atoms with Crippen molar-refractivity contribution in [1.29, 1.82) is 0 Å². The number of carbonyl (C=O) groups is 2. The van der Waals surface area contributed by atoms with E-state index in [1.54, 1.807) is 32.3 Å². The molecule has 2 unspecified atom stereocenters. The maximum Gasteiger partial charge on any atom is 0.347 e. The standard InChI is InChI=1S/C21H21ClFN3O4S/c1-10(2)29-20(27)12(4)30-21(28)16-11(3)25-18(19-24-7-8-31-19)26-17(16)14-6-5-13(23)9-15(14)22/h5-10,12,17H,1-4H3,(H,25,26). The number of esters is 2. The number of hydrogen-bond donors (Lipinski definition) is 1. The van der Waals surface area contributed by atoms with Crippen LogP contribution in [0.2, 0.25) is 5.02 Å². The molecule has 7 nitrogen and oxygen atoms in total. The van der Waals surface area contributed by atoms with E-state index in [2.05, 4.69) is 15.3 Å². The van der Waals surface area contributed by atoms with E-state index in [0.29, 0.717) is 22.1 Å². The van der Waals surface area contributed by atoms with Gasteiger partial charge in [-0.3, -0.25) is 4.99 Å². The van der Waals surface area contributed by atoms with Gasteiger partial charge in [0.2, 0.25) is 0 Å². The number of aliphatic imine (C=N–C) groups is 1. The molecule has 2 heterocycles. The van der Waals surface area contributed by atoms with Crippen LogP contribution < -0.4 is 5.32 Å². The Labute approximate surface area is 187 Å². The SMILES string of the molecule is CC1=C(C(=O)OC(C)C(=O)OC(C)C)C(c2ccc(F)cc2Cl)N=C(c2nccs2)N1. The summed E-state index contributed by atoms with van der Waals surface area (Å²) in [7, 11) is 0. The molecule has 31 heavy (non-hydrogen) atoms. The van der Waals surface area contributed by atoms with Crippen molar-refractivity contribution >= 4 is 40.7 Å². The van der Waals surface area contributed by atoms with Crippen molar-refractivity contribution in [2.75, 3.05) is 0 Å². The smallest absolute Gasteiger partial charge is 0.347 e. The predicted octanol–water partition coefficient (Wildman–Crippen LogP) is 4.18. The van der Waals surface area contributed by atoms with Crippen LogP contribution in [0.25, 0.3) is 0 Å². The molecule has 1 N–H and O–H groups in total. The molecule has 0 spiro atoms. The highest BCUT2D eigenvalue weighted by atomic mass is 35.5. The molecule has 1 aromatic heterocycles. The Kier molecular flexibility index (Phi) is 7.07. The summed E-state index contributed by atoms with van der Waals surface area (Å²) in [4.78, 5) is 34.0. The van der Waals surface area contributed by atoms with Crippen molar-refractivity contribution in [2.45, 2.75) is 45.9 Å². The molecule has 3 rings (SSSR count). The summed E-state index contributed by atoms with van der Waals surface area (Å²) >= 11 is 7.64. The number of nitrogens with zero attached hydrogens (tertiary/aromatic N) is 2. The zero-order chi connectivity index (χ0) is 22.7. The molecule has 0 bridgehead atoms. The van der Waals surface area contributed by atoms with E-state index in [1.807, 2.05) is 0 Å². The molecular formula is C21H21ClFN3O4S. The number of nitrogens with one attached hydrogen (secondary N) is 1. The van der Waals surface area contributed by atoms with E-state index >= 15 is 0 Å². The number of rotatable bonds is 6. The van der Waals surface area contributed by atoms with Crippen molar-refractivity contribution in [3.05, 3.63) is 62.5 Å². The molecule has 0 saturated carbocycles. The second-order valence-corrected chi connectivity index (χ2v) is 8.38. The van der Waals surface area contributed by atoms with Gasteiger partial charge < -0.3 is 14.8 Å². The fourth-order valence-electron chi connectivity index (χ4n) is 2.94. The second-order valence-electron chi connectivity index (χ2n) is 7.08. The summed E-state index contributed by atoms with van der Waals surface area (Å²) < 4.78 is 24.1. The van der Waals surface area contributed by atoms with Crippen molar-refractivity contribution in [2.24, 2.45) is 4.99 Å².